The molecule has 72 heavy (non-hydrogen) atoms. The van der Waals surface area contributed by atoms with Crippen LogP contribution in [0.25, 0.3) is 65.7 Å². The number of rotatable bonds is 5. The van der Waals surface area contributed by atoms with Crippen LogP contribution >= 0.6 is 0 Å². The normalized spacial score (nSPS) is 16.1. The standard InChI is InChI=1S/C70H54N2/c1-4-22-47(23-5-1)54-46-55(48-24-6-2-7-25-48)67-52-38-36-50(71-62-32-14-10-28-58(62)69(40-18-19-41-69)59-29-11-15-33-63(59)71)44-56(52)57-45-51(37-39-53(57)68(67)66(54)49-26-8-3-9-27-49)72-64-34-16-12-30-60(64)70(42-20-21-43-70)61-31-13-17-35-65(61)72/h1-17,22-39,44-46H,18-21,40-43H2. The summed E-state index contributed by atoms with van der Waals surface area (Å²) in [5, 5.41) is 7.57. The Kier molecular flexibility index (Phi) is 9.33. The molecule has 2 heteroatoms. The van der Waals surface area contributed by atoms with Gasteiger partial charge in [-0.15, -0.1) is 0 Å². The molecule has 0 aromatic heterocycles. The summed E-state index contributed by atoms with van der Waals surface area (Å²) in [6, 6.07) is 87.8. The molecule has 2 heterocycles. The molecule has 2 aliphatic heterocycles. The van der Waals surface area contributed by atoms with Gasteiger partial charge in [0.2, 0.25) is 0 Å². The molecular weight excluding hydrogens is 869 g/mol. The summed E-state index contributed by atoms with van der Waals surface area (Å²) < 4.78 is 0. The van der Waals surface area contributed by atoms with E-state index in [1.54, 1.807) is 0 Å². The van der Waals surface area contributed by atoms with Gasteiger partial charge in [0.25, 0.3) is 0 Å². The van der Waals surface area contributed by atoms with Gasteiger partial charge in [0.05, 0.1) is 22.7 Å². The zero-order valence-electron chi connectivity index (χ0n) is 40.5. The molecule has 0 radical (unpaired) electrons. The molecule has 2 saturated carbocycles. The number of hydrogen-bond acceptors (Lipinski definition) is 2. The largest absolute Gasteiger partial charge is 0.310 e. The minimum absolute atomic E-state index is 0.0305. The Morgan fingerprint density at radius 3 is 1.04 bits per heavy atom. The van der Waals surface area contributed by atoms with Gasteiger partial charge < -0.3 is 9.80 Å². The maximum Gasteiger partial charge on any atom is 0.0502 e. The van der Waals surface area contributed by atoms with Crippen molar-refractivity contribution in [2.75, 3.05) is 9.80 Å². The third kappa shape index (κ3) is 5.96. The Morgan fingerprint density at radius 1 is 0.278 bits per heavy atom. The van der Waals surface area contributed by atoms with Gasteiger partial charge in [-0.05, 0) is 168 Å². The molecule has 15 rings (SSSR count). The second kappa shape index (κ2) is 16.2. The molecule has 0 atom stereocenters. The molecule has 11 aromatic rings. The Hall–Kier alpha value is -8.20. The van der Waals surface area contributed by atoms with E-state index in [2.05, 4.69) is 240 Å². The van der Waals surface area contributed by atoms with Crippen LogP contribution in [0, 0.1) is 0 Å². The number of hydrogen-bond donors (Lipinski definition) is 0. The summed E-state index contributed by atoms with van der Waals surface area (Å²) in [7, 11) is 0. The zero-order valence-corrected chi connectivity index (χ0v) is 40.5. The van der Waals surface area contributed by atoms with Crippen LogP contribution in [0.4, 0.5) is 34.1 Å². The average molecular weight is 923 g/mol. The second-order valence-corrected chi connectivity index (χ2v) is 21.0. The van der Waals surface area contributed by atoms with Crippen LogP contribution in [0.3, 0.4) is 0 Å². The summed E-state index contributed by atoms with van der Waals surface area (Å²) in [5.41, 5.74) is 20.8. The van der Waals surface area contributed by atoms with Gasteiger partial charge in [-0.3, -0.25) is 0 Å². The first-order chi connectivity index (χ1) is 35.7. The Balaban J connectivity index is 1.08. The third-order valence-electron chi connectivity index (χ3n) is 17.5. The lowest BCUT2D eigenvalue weighted by atomic mass is 9.69. The maximum atomic E-state index is 2.58. The van der Waals surface area contributed by atoms with E-state index in [0.29, 0.717) is 0 Å². The molecule has 2 spiro atoms. The summed E-state index contributed by atoms with van der Waals surface area (Å²) in [6.45, 7) is 0. The highest BCUT2D eigenvalue weighted by Gasteiger charge is 2.46. The maximum absolute atomic E-state index is 2.58. The van der Waals surface area contributed by atoms with E-state index in [0.717, 1.165) is 0 Å². The predicted molar refractivity (Wildman–Crippen MR) is 303 cm³/mol. The number of para-hydroxylation sites is 4. The number of fused-ring (bicyclic) bond motifs is 14. The van der Waals surface area contributed by atoms with Crippen LogP contribution in [0.15, 0.2) is 231 Å². The number of nitrogens with zero attached hydrogens (tertiary/aromatic N) is 2. The third-order valence-corrected chi connectivity index (χ3v) is 17.5. The fourth-order valence-electron chi connectivity index (χ4n) is 14.5. The van der Waals surface area contributed by atoms with Crippen LogP contribution in [0.1, 0.15) is 73.6 Å². The molecule has 344 valence electrons. The monoisotopic (exact) mass is 922 g/mol. The fourth-order valence-corrected chi connectivity index (χ4v) is 14.5. The van der Waals surface area contributed by atoms with Crippen molar-refractivity contribution in [1.29, 1.82) is 0 Å². The summed E-state index contributed by atoms with van der Waals surface area (Å²) in [6.07, 6.45) is 9.78. The van der Waals surface area contributed by atoms with Crippen LogP contribution in [0.2, 0.25) is 0 Å². The van der Waals surface area contributed by atoms with E-state index in [4.69, 9.17) is 0 Å². The Bertz CT molecular complexity index is 3840. The van der Waals surface area contributed by atoms with Crippen molar-refractivity contribution in [3.8, 4) is 33.4 Å². The van der Waals surface area contributed by atoms with E-state index in [1.165, 1.54) is 173 Å². The first-order valence-corrected chi connectivity index (χ1v) is 26.4. The predicted octanol–water partition coefficient (Wildman–Crippen LogP) is 19.4. The van der Waals surface area contributed by atoms with Crippen LogP contribution in [-0.2, 0) is 10.8 Å². The highest BCUT2D eigenvalue weighted by molar-refractivity contribution is 6.33. The number of benzene rings is 11. The van der Waals surface area contributed by atoms with Crippen molar-refractivity contribution in [3.05, 3.63) is 253 Å². The minimum atomic E-state index is 0.0305. The van der Waals surface area contributed by atoms with Crippen molar-refractivity contribution in [3.63, 3.8) is 0 Å². The van der Waals surface area contributed by atoms with Crippen molar-refractivity contribution in [1.82, 2.24) is 0 Å². The Morgan fingerprint density at radius 2 is 0.625 bits per heavy atom. The molecule has 0 unspecified atom stereocenters. The van der Waals surface area contributed by atoms with Gasteiger partial charge in [0.1, 0.15) is 0 Å². The summed E-state index contributed by atoms with van der Waals surface area (Å²) >= 11 is 0. The molecule has 4 aliphatic rings. The van der Waals surface area contributed by atoms with E-state index in [9.17, 15) is 0 Å². The lowest BCUT2D eigenvalue weighted by molar-refractivity contribution is 0.530. The fraction of sp³-hybridized carbons (Fsp3) is 0.143. The van der Waals surface area contributed by atoms with E-state index in [-0.39, 0.29) is 10.8 Å². The van der Waals surface area contributed by atoms with Gasteiger partial charge in [-0.2, -0.15) is 0 Å². The molecular formula is C70H54N2. The zero-order chi connectivity index (χ0) is 47.4. The van der Waals surface area contributed by atoms with Crippen LogP contribution in [0.5, 0.6) is 0 Å². The number of anilines is 6. The van der Waals surface area contributed by atoms with E-state index in [1.807, 2.05) is 0 Å². The van der Waals surface area contributed by atoms with Crippen LogP contribution in [-0.4, -0.2) is 0 Å². The topological polar surface area (TPSA) is 6.48 Å². The lowest BCUT2D eigenvalue weighted by Crippen LogP contribution is -2.33. The summed E-state index contributed by atoms with van der Waals surface area (Å²) in [4.78, 5) is 5.16. The second-order valence-electron chi connectivity index (χ2n) is 21.0. The van der Waals surface area contributed by atoms with Crippen molar-refractivity contribution >= 4 is 66.4 Å². The molecule has 2 nitrogen and oxygen atoms in total. The smallest absolute Gasteiger partial charge is 0.0502 e. The van der Waals surface area contributed by atoms with Crippen molar-refractivity contribution in [2.45, 2.75) is 62.2 Å². The molecule has 11 aromatic carbocycles. The highest BCUT2D eigenvalue weighted by atomic mass is 15.2. The molecule has 0 amide bonds. The first-order valence-electron chi connectivity index (χ1n) is 26.4. The lowest BCUT2D eigenvalue weighted by Gasteiger charge is -2.44. The van der Waals surface area contributed by atoms with Gasteiger partial charge in [-0.1, -0.05) is 202 Å². The van der Waals surface area contributed by atoms with Gasteiger partial charge in [-0.25, -0.2) is 0 Å². The van der Waals surface area contributed by atoms with Gasteiger partial charge >= 0.3 is 0 Å². The quantitative estimate of drug-likeness (QED) is 0.159. The highest BCUT2D eigenvalue weighted by Crippen LogP contribution is 2.61. The van der Waals surface area contributed by atoms with Gasteiger partial charge in [0.15, 0.2) is 0 Å². The molecule has 0 saturated heterocycles. The summed E-state index contributed by atoms with van der Waals surface area (Å²) in [5.74, 6) is 0. The van der Waals surface area contributed by atoms with Crippen molar-refractivity contribution < 1.29 is 0 Å². The van der Waals surface area contributed by atoms with Gasteiger partial charge in [0, 0.05) is 22.2 Å². The molecule has 2 fully saturated rings. The van der Waals surface area contributed by atoms with E-state index >= 15 is 0 Å². The van der Waals surface area contributed by atoms with E-state index < -0.39 is 0 Å². The molecule has 0 N–H and O–H groups in total. The average Bonchev–Trinajstić information content (AvgIpc) is 4.16. The minimum Gasteiger partial charge on any atom is -0.310 e. The first kappa shape index (κ1) is 41.6. The molecule has 2 aliphatic carbocycles. The van der Waals surface area contributed by atoms with Crippen molar-refractivity contribution in [2.24, 2.45) is 0 Å². The SMILES string of the molecule is c1ccc(-c2cc(-c3ccccc3)c3c4ccc(N5c6ccccc6C6(CCCC6)c6ccccc65)cc4c4cc(N5c6ccccc6C6(CCCC6)c6ccccc65)ccc4c3c2-c2ccccc2)cc1. The Labute approximate surface area is 422 Å². The van der Waals surface area contributed by atoms with Crippen LogP contribution < -0.4 is 9.80 Å². The molecule has 0 bridgehead atoms.